The summed E-state index contributed by atoms with van der Waals surface area (Å²) in [5, 5.41) is 7.03. The molecule has 3 aromatic heterocycles. The van der Waals surface area contributed by atoms with Crippen molar-refractivity contribution in [3.05, 3.63) is 279 Å². The Morgan fingerprint density at radius 3 is 1.11 bits per heavy atom. The Bertz CT molecular complexity index is 4600. The Hall–Kier alpha value is -9.96. The summed E-state index contributed by atoms with van der Waals surface area (Å²) >= 11 is 0. The molecule has 3 nitrogen and oxygen atoms in total. The van der Waals surface area contributed by atoms with Gasteiger partial charge in [-0.05, 0) is 164 Å². The van der Waals surface area contributed by atoms with Gasteiger partial charge < -0.3 is 13.6 Å². The standard InChI is InChI=1S/C72H46N2O/c1-6-18-47(19-7-1)51-30-35-66-61(40-51)62-41-52(31-36-67(62)73(66)56-26-14-5-15-27-56)53-32-37-68-63(42-53)64-43-54(33-38-69(64)74(68)57-34-39-71-65(46-57)58-28-16-17-29-70(58)75-71)55-44-59(48-20-8-2-9-21-48)72(50-24-12-4-13-25-50)60(45-55)49-22-10-3-11-23-49/h1-46H. The average Bonchev–Trinajstić information content (AvgIpc) is 4.18. The van der Waals surface area contributed by atoms with Crippen LogP contribution in [0.4, 0.5) is 0 Å². The number of rotatable bonds is 8. The third kappa shape index (κ3) is 7.12. The Labute approximate surface area is 434 Å². The van der Waals surface area contributed by atoms with E-state index in [-0.39, 0.29) is 0 Å². The number of benzene rings is 12. The fourth-order valence-corrected chi connectivity index (χ4v) is 11.8. The van der Waals surface area contributed by atoms with Crippen LogP contribution in [0.25, 0.3) is 144 Å². The van der Waals surface area contributed by atoms with Crippen molar-refractivity contribution < 1.29 is 4.42 Å². The van der Waals surface area contributed by atoms with Crippen LogP contribution in [0.2, 0.25) is 0 Å². The second kappa shape index (κ2) is 17.4. The van der Waals surface area contributed by atoms with Crippen LogP contribution < -0.4 is 0 Å². The van der Waals surface area contributed by atoms with Crippen LogP contribution >= 0.6 is 0 Å². The van der Waals surface area contributed by atoms with Crippen LogP contribution in [0.5, 0.6) is 0 Å². The van der Waals surface area contributed by atoms with Crippen LogP contribution in [0.1, 0.15) is 0 Å². The third-order valence-corrected chi connectivity index (χ3v) is 15.3. The molecule has 0 spiro atoms. The molecule has 15 rings (SSSR count). The van der Waals surface area contributed by atoms with Gasteiger partial charge in [0.15, 0.2) is 0 Å². The van der Waals surface area contributed by atoms with Gasteiger partial charge in [-0.15, -0.1) is 0 Å². The molecule has 0 aliphatic rings. The highest BCUT2D eigenvalue weighted by atomic mass is 16.3. The average molecular weight is 955 g/mol. The van der Waals surface area contributed by atoms with Gasteiger partial charge in [0.1, 0.15) is 11.2 Å². The third-order valence-electron chi connectivity index (χ3n) is 15.3. The van der Waals surface area contributed by atoms with Crippen LogP contribution in [0, 0.1) is 0 Å². The van der Waals surface area contributed by atoms with Crippen LogP contribution in [-0.2, 0) is 0 Å². The zero-order valence-electron chi connectivity index (χ0n) is 40.9. The highest BCUT2D eigenvalue weighted by molar-refractivity contribution is 6.15. The molecule has 12 aromatic carbocycles. The van der Waals surface area contributed by atoms with E-state index in [0.717, 1.165) is 61.0 Å². The van der Waals surface area contributed by atoms with Crippen LogP contribution in [-0.4, -0.2) is 9.13 Å². The predicted octanol–water partition coefficient (Wildman–Crippen LogP) is 19.8. The lowest BCUT2D eigenvalue weighted by Crippen LogP contribution is -1.94. The van der Waals surface area contributed by atoms with Crippen LogP contribution in [0.3, 0.4) is 0 Å². The molecule has 350 valence electrons. The van der Waals surface area contributed by atoms with Gasteiger partial charge in [0.05, 0.1) is 22.1 Å². The SMILES string of the molecule is c1ccc(-c2ccc3c(c2)c2cc(-c4ccc5c(c4)c4cc(-c6cc(-c7ccccc7)c(-c7ccccc7)c(-c7ccccc7)c6)ccc4n5-c4ccc5oc6ccccc6c5c4)ccc2n3-c2ccccc2)cc1. The van der Waals surface area contributed by atoms with Gasteiger partial charge in [-0.1, -0.05) is 182 Å². The van der Waals surface area contributed by atoms with E-state index < -0.39 is 0 Å². The molecule has 0 amide bonds. The van der Waals surface area contributed by atoms with E-state index in [9.17, 15) is 0 Å². The molecule has 0 bridgehead atoms. The Kier molecular flexibility index (Phi) is 9.89. The lowest BCUT2D eigenvalue weighted by molar-refractivity contribution is 0.669. The number of hydrogen-bond donors (Lipinski definition) is 0. The fourth-order valence-electron chi connectivity index (χ4n) is 11.8. The minimum absolute atomic E-state index is 0.882. The van der Waals surface area contributed by atoms with Crippen molar-refractivity contribution in [2.45, 2.75) is 0 Å². The van der Waals surface area contributed by atoms with Gasteiger partial charge in [0.2, 0.25) is 0 Å². The number of nitrogens with zero attached hydrogens (tertiary/aromatic N) is 2. The van der Waals surface area contributed by atoms with E-state index >= 15 is 0 Å². The summed E-state index contributed by atoms with van der Waals surface area (Å²) in [6.45, 7) is 0. The quantitative estimate of drug-likeness (QED) is 0.149. The summed E-state index contributed by atoms with van der Waals surface area (Å²) in [5.74, 6) is 0. The minimum atomic E-state index is 0.882. The molecule has 0 radical (unpaired) electrons. The van der Waals surface area contributed by atoms with Crippen LogP contribution in [0.15, 0.2) is 283 Å². The molecule has 0 N–H and O–H groups in total. The van der Waals surface area contributed by atoms with Crippen molar-refractivity contribution >= 4 is 65.6 Å². The summed E-state index contributed by atoms with van der Waals surface area (Å²) in [5.41, 5.74) is 22.9. The number of hydrogen-bond acceptors (Lipinski definition) is 1. The zero-order valence-corrected chi connectivity index (χ0v) is 40.9. The monoisotopic (exact) mass is 954 g/mol. The summed E-state index contributed by atoms with van der Waals surface area (Å²) in [7, 11) is 0. The molecule has 0 unspecified atom stereocenters. The van der Waals surface area contributed by atoms with E-state index in [1.807, 2.05) is 6.07 Å². The fraction of sp³-hybridized carbons (Fsp3) is 0. The largest absolute Gasteiger partial charge is 0.456 e. The highest BCUT2D eigenvalue weighted by Crippen LogP contribution is 2.46. The first kappa shape index (κ1) is 42.7. The van der Waals surface area contributed by atoms with Gasteiger partial charge in [0, 0.05) is 43.7 Å². The van der Waals surface area contributed by atoms with Crippen molar-refractivity contribution in [3.8, 4) is 78.1 Å². The Morgan fingerprint density at radius 2 is 0.600 bits per heavy atom. The van der Waals surface area contributed by atoms with E-state index in [2.05, 4.69) is 282 Å². The first-order valence-electron chi connectivity index (χ1n) is 25.7. The molecular weight excluding hydrogens is 909 g/mol. The number of furan rings is 1. The molecule has 0 fully saturated rings. The Balaban J connectivity index is 0.967. The van der Waals surface area contributed by atoms with E-state index in [4.69, 9.17) is 4.42 Å². The van der Waals surface area contributed by atoms with E-state index in [1.165, 1.54) is 82.6 Å². The summed E-state index contributed by atoms with van der Waals surface area (Å²) < 4.78 is 11.2. The molecule has 3 heterocycles. The summed E-state index contributed by atoms with van der Waals surface area (Å²) in [6, 6.07) is 102. The lowest BCUT2D eigenvalue weighted by atomic mass is 9.84. The van der Waals surface area contributed by atoms with E-state index in [1.54, 1.807) is 0 Å². The van der Waals surface area contributed by atoms with Crippen molar-refractivity contribution in [1.82, 2.24) is 9.13 Å². The Morgan fingerprint density at radius 1 is 0.213 bits per heavy atom. The summed E-state index contributed by atoms with van der Waals surface area (Å²) in [4.78, 5) is 0. The number of para-hydroxylation sites is 2. The summed E-state index contributed by atoms with van der Waals surface area (Å²) in [6.07, 6.45) is 0. The van der Waals surface area contributed by atoms with Gasteiger partial charge >= 0.3 is 0 Å². The lowest BCUT2D eigenvalue weighted by Gasteiger charge is -2.19. The van der Waals surface area contributed by atoms with Crippen molar-refractivity contribution in [2.75, 3.05) is 0 Å². The predicted molar refractivity (Wildman–Crippen MR) is 315 cm³/mol. The van der Waals surface area contributed by atoms with Crippen molar-refractivity contribution in [1.29, 1.82) is 0 Å². The highest BCUT2D eigenvalue weighted by Gasteiger charge is 2.21. The molecule has 0 aliphatic carbocycles. The van der Waals surface area contributed by atoms with Gasteiger partial charge in [-0.3, -0.25) is 0 Å². The molecule has 75 heavy (non-hydrogen) atoms. The normalized spacial score (nSPS) is 11.7. The maximum Gasteiger partial charge on any atom is 0.135 e. The molecule has 0 saturated carbocycles. The van der Waals surface area contributed by atoms with E-state index in [0.29, 0.717) is 0 Å². The van der Waals surface area contributed by atoms with Gasteiger partial charge in [0.25, 0.3) is 0 Å². The second-order valence-electron chi connectivity index (χ2n) is 19.6. The molecule has 0 saturated heterocycles. The van der Waals surface area contributed by atoms with Crippen molar-refractivity contribution in [2.24, 2.45) is 0 Å². The molecule has 0 atom stereocenters. The zero-order chi connectivity index (χ0) is 49.4. The number of fused-ring (bicyclic) bond motifs is 9. The van der Waals surface area contributed by atoms with Gasteiger partial charge in [-0.25, -0.2) is 0 Å². The smallest absolute Gasteiger partial charge is 0.135 e. The molecule has 0 aliphatic heterocycles. The minimum Gasteiger partial charge on any atom is -0.456 e. The first-order chi connectivity index (χ1) is 37.2. The molecule has 15 aromatic rings. The number of aromatic nitrogens is 2. The first-order valence-corrected chi connectivity index (χ1v) is 25.7. The topological polar surface area (TPSA) is 23.0 Å². The molecule has 3 heteroatoms. The molecular formula is C72H46N2O. The maximum atomic E-state index is 6.35. The van der Waals surface area contributed by atoms with Crippen molar-refractivity contribution in [3.63, 3.8) is 0 Å². The van der Waals surface area contributed by atoms with Gasteiger partial charge in [-0.2, -0.15) is 0 Å². The maximum absolute atomic E-state index is 6.35. The second-order valence-corrected chi connectivity index (χ2v) is 19.6.